The molecule has 0 N–H and O–H groups in total. The summed E-state index contributed by atoms with van der Waals surface area (Å²) in [5.41, 5.74) is 1.44. The van der Waals surface area contributed by atoms with Gasteiger partial charge >= 0.3 is 5.97 Å². The van der Waals surface area contributed by atoms with Gasteiger partial charge in [-0.3, -0.25) is 4.79 Å². The van der Waals surface area contributed by atoms with E-state index in [9.17, 15) is 9.59 Å². The van der Waals surface area contributed by atoms with E-state index in [1.165, 1.54) is 10.9 Å². The van der Waals surface area contributed by atoms with E-state index in [0.29, 0.717) is 33.6 Å². The monoisotopic (exact) mass is 579 g/mol. The zero-order chi connectivity index (χ0) is 25.9. The third-order valence-electron chi connectivity index (χ3n) is 5.38. The molecule has 0 saturated carbocycles. The van der Waals surface area contributed by atoms with Crippen molar-refractivity contribution in [1.29, 1.82) is 0 Å². The van der Waals surface area contributed by atoms with Crippen LogP contribution in [0.5, 0.6) is 5.75 Å². The molecule has 0 spiro atoms. The van der Waals surface area contributed by atoms with Crippen molar-refractivity contribution in [1.82, 2.24) is 9.66 Å². The summed E-state index contributed by atoms with van der Waals surface area (Å²) < 4.78 is 18.4. The van der Waals surface area contributed by atoms with Crippen molar-refractivity contribution < 1.29 is 18.7 Å². The predicted octanol–water partition coefficient (Wildman–Crippen LogP) is 6.05. The van der Waals surface area contributed by atoms with Gasteiger partial charge in [-0.15, -0.1) is 0 Å². The molecule has 0 aliphatic carbocycles. The van der Waals surface area contributed by atoms with E-state index in [4.69, 9.17) is 25.5 Å². The Morgan fingerprint density at radius 2 is 2.00 bits per heavy atom. The van der Waals surface area contributed by atoms with Crippen LogP contribution in [0.1, 0.15) is 12.5 Å². The van der Waals surface area contributed by atoms with Crippen molar-refractivity contribution in [3.63, 3.8) is 0 Å². The number of nitrogens with zero attached hydrogens (tertiary/aromatic N) is 3. The summed E-state index contributed by atoms with van der Waals surface area (Å²) in [5, 5.41) is 5.99. The largest absolute Gasteiger partial charge is 0.480 e. The van der Waals surface area contributed by atoms with Crippen molar-refractivity contribution in [2.75, 3.05) is 13.2 Å². The Balaban J connectivity index is 1.53. The fourth-order valence-electron chi connectivity index (χ4n) is 3.69. The number of hydrogen-bond acceptors (Lipinski definition) is 7. The third kappa shape index (κ3) is 5.28. The van der Waals surface area contributed by atoms with Crippen LogP contribution in [-0.2, 0) is 9.53 Å². The van der Waals surface area contributed by atoms with Crippen LogP contribution in [0.2, 0.25) is 5.02 Å². The topological polar surface area (TPSA) is 95.9 Å². The smallest absolute Gasteiger partial charge is 0.344 e. The zero-order valence-electron chi connectivity index (χ0n) is 19.5. The number of benzene rings is 3. The second-order valence-corrected chi connectivity index (χ2v) is 9.21. The highest BCUT2D eigenvalue weighted by Gasteiger charge is 2.16. The Morgan fingerprint density at radius 3 is 2.81 bits per heavy atom. The lowest BCUT2D eigenvalue weighted by molar-refractivity contribution is -0.145. The van der Waals surface area contributed by atoms with Gasteiger partial charge in [0.1, 0.15) is 11.3 Å². The molecule has 2 aromatic heterocycles. The van der Waals surface area contributed by atoms with Crippen molar-refractivity contribution >= 4 is 61.6 Å². The summed E-state index contributed by atoms with van der Waals surface area (Å²) in [6.45, 7) is 1.73. The lowest BCUT2D eigenvalue weighted by Crippen LogP contribution is -2.20. The van der Waals surface area contributed by atoms with E-state index in [-0.39, 0.29) is 29.6 Å². The molecule has 0 bridgehead atoms. The van der Waals surface area contributed by atoms with Crippen LogP contribution in [-0.4, -0.2) is 35.1 Å². The van der Waals surface area contributed by atoms with Gasteiger partial charge in [-0.05, 0) is 67.1 Å². The minimum absolute atomic E-state index is 0.253. The van der Waals surface area contributed by atoms with E-state index < -0.39 is 5.97 Å². The summed E-state index contributed by atoms with van der Waals surface area (Å²) in [4.78, 5) is 29.6. The van der Waals surface area contributed by atoms with Gasteiger partial charge in [0.2, 0.25) is 5.82 Å². The second-order valence-electron chi connectivity index (χ2n) is 7.89. The van der Waals surface area contributed by atoms with Crippen LogP contribution in [0.15, 0.2) is 85.5 Å². The molecule has 0 saturated heterocycles. The van der Waals surface area contributed by atoms with Gasteiger partial charge < -0.3 is 13.9 Å². The Kier molecular flexibility index (Phi) is 7.07. The van der Waals surface area contributed by atoms with Gasteiger partial charge in [0, 0.05) is 9.86 Å². The molecule has 5 rings (SSSR count). The maximum absolute atomic E-state index is 13.4. The van der Waals surface area contributed by atoms with Crippen molar-refractivity contribution in [2.45, 2.75) is 6.92 Å². The van der Waals surface area contributed by atoms with E-state index in [0.717, 1.165) is 9.86 Å². The van der Waals surface area contributed by atoms with Crippen LogP contribution in [0, 0.1) is 0 Å². The number of carbonyl (C=O) groups is 1. The second kappa shape index (κ2) is 10.6. The van der Waals surface area contributed by atoms with E-state index in [1.807, 2.05) is 30.3 Å². The average molecular weight is 581 g/mol. The predicted molar refractivity (Wildman–Crippen MR) is 145 cm³/mol. The molecule has 5 aromatic rings. The molecule has 0 unspecified atom stereocenters. The molecule has 0 fully saturated rings. The highest BCUT2D eigenvalue weighted by atomic mass is 79.9. The molecule has 186 valence electrons. The molecular formula is C27H19BrClN3O5. The SMILES string of the molecule is CCOC(=O)COc1ccc(C=Nn2c(-c3cc4cc(Br)ccc4o3)nc3ccccc3c2=O)cc1Cl. The molecule has 0 aliphatic rings. The van der Waals surface area contributed by atoms with Gasteiger partial charge in [-0.2, -0.15) is 9.78 Å². The fourth-order valence-corrected chi connectivity index (χ4v) is 4.32. The summed E-state index contributed by atoms with van der Waals surface area (Å²) in [6.07, 6.45) is 1.49. The third-order valence-corrected chi connectivity index (χ3v) is 6.17. The Bertz CT molecular complexity index is 1730. The van der Waals surface area contributed by atoms with Crippen LogP contribution < -0.4 is 10.3 Å². The maximum Gasteiger partial charge on any atom is 0.344 e. The van der Waals surface area contributed by atoms with Crippen molar-refractivity contribution in [3.05, 3.63) is 92.1 Å². The molecule has 0 radical (unpaired) electrons. The number of furan rings is 1. The Morgan fingerprint density at radius 1 is 1.16 bits per heavy atom. The molecule has 2 heterocycles. The van der Waals surface area contributed by atoms with Gasteiger partial charge in [0.05, 0.1) is 28.7 Å². The average Bonchev–Trinajstić information content (AvgIpc) is 3.31. The summed E-state index contributed by atoms with van der Waals surface area (Å²) in [5.74, 6) is 0.491. The number of ether oxygens (including phenoxy) is 2. The molecule has 0 aliphatic heterocycles. The standard InChI is InChI=1S/C27H19BrClN3O5/c1-2-35-25(33)15-36-23-9-7-16(11-20(23)29)14-30-32-26(31-21-6-4-3-5-19(21)27(32)34)24-13-17-12-18(28)8-10-22(17)37-24/h3-14H,2,15H2,1H3. The molecule has 8 nitrogen and oxygen atoms in total. The first kappa shape index (κ1) is 24.7. The van der Waals surface area contributed by atoms with Gasteiger partial charge in [0.15, 0.2) is 12.4 Å². The first-order valence-corrected chi connectivity index (χ1v) is 12.4. The molecule has 10 heteroatoms. The van der Waals surface area contributed by atoms with E-state index in [2.05, 4.69) is 26.0 Å². The minimum atomic E-state index is -0.488. The van der Waals surface area contributed by atoms with E-state index in [1.54, 1.807) is 43.3 Å². The Labute approximate surface area is 224 Å². The quantitative estimate of drug-likeness (QED) is 0.172. The first-order chi connectivity index (χ1) is 17.9. The Hall–Kier alpha value is -3.95. The summed E-state index contributed by atoms with van der Waals surface area (Å²) in [7, 11) is 0. The highest BCUT2D eigenvalue weighted by Crippen LogP contribution is 2.29. The lowest BCUT2D eigenvalue weighted by Gasteiger charge is -2.09. The van der Waals surface area contributed by atoms with Crippen LogP contribution >= 0.6 is 27.5 Å². The van der Waals surface area contributed by atoms with Gasteiger partial charge in [-0.25, -0.2) is 9.78 Å². The number of carbonyl (C=O) groups excluding carboxylic acids is 1. The maximum atomic E-state index is 13.4. The van der Waals surface area contributed by atoms with Crippen LogP contribution in [0.25, 0.3) is 33.5 Å². The molecular weight excluding hydrogens is 562 g/mol. The number of halogens is 2. The fraction of sp³-hybridized carbons (Fsp3) is 0.111. The number of para-hydroxylation sites is 1. The molecule has 0 atom stereocenters. The van der Waals surface area contributed by atoms with Gasteiger partial charge in [0.25, 0.3) is 5.56 Å². The number of hydrogen-bond donors (Lipinski definition) is 0. The number of rotatable bonds is 7. The number of esters is 1. The van der Waals surface area contributed by atoms with Crippen LogP contribution in [0.3, 0.4) is 0 Å². The van der Waals surface area contributed by atoms with E-state index >= 15 is 0 Å². The van der Waals surface area contributed by atoms with Crippen LogP contribution in [0.4, 0.5) is 0 Å². The highest BCUT2D eigenvalue weighted by molar-refractivity contribution is 9.10. The minimum Gasteiger partial charge on any atom is -0.480 e. The molecule has 37 heavy (non-hydrogen) atoms. The molecule has 0 amide bonds. The number of aromatic nitrogens is 2. The molecule has 3 aromatic carbocycles. The summed E-state index contributed by atoms with van der Waals surface area (Å²) in [6, 6.07) is 19.4. The van der Waals surface area contributed by atoms with Crippen molar-refractivity contribution in [3.8, 4) is 17.3 Å². The van der Waals surface area contributed by atoms with Gasteiger partial charge in [-0.1, -0.05) is 39.7 Å². The van der Waals surface area contributed by atoms with Crippen molar-refractivity contribution in [2.24, 2.45) is 5.10 Å². The zero-order valence-corrected chi connectivity index (χ0v) is 21.8. The summed E-state index contributed by atoms with van der Waals surface area (Å²) >= 11 is 9.79. The number of fused-ring (bicyclic) bond motifs is 2. The first-order valence-electron chi connectivity index (χ1n) is 11.3. The lowest BCUT2D eigenvalue weighted by atomic mass is 10.2. The normalized spacial score (nSPS) is 11.4.